The third-order valence-electron chi connectivity index (χ3n) is 6.37. The van der Waals surface area contributed by atoms with Gasteiger partial charge in [0, 0.05) is 49.4 Å². The van der Waals surface area contributed by atoms with E-state index in [1.807, 2.05) is 68.6 Å². The lowest BCUT2D eigenvalue weighted by Crippen LogP contribution is -2.37. The van der Waals surface area contributed by atoms with Crippen LogP contribution in [0.3, 0.4) is 0 Å². The van der Waals surface area contributed by atoms with E-state index in [-0.39, 0.29) is 11.2 Å². The molecule has 3 heterocycles. The van der Waals surface area contributed by atoms with Crippen LogP contribution in [-0.4, -0.2) is 40.0 Å². The SMILES string of the molecule is CCn1cc(-c2ccccc2)n(-c2ccc3c(c2)c(N2CCOCC2)cc(=O)n3CC)c1=O. The summed E-state index contributed by atoms with van der Waals surface area (Å²) in [7, 11) is 0. The molecule has 5 rings (SSSR count). The van der Waals surface area contributed by atoms with Crippen LogP contribution >= 0.6 is 0 Å². The minimum Gasteiger partial charge on any atom is -0.378 e. The smallest absolute Gasteiger partial charge is 0.333 e. The lowest BCUT2D eigenvalue weighted by atomic mass is 10.1. The van der Waals surface area contributed by atoms with Crippen molar-refractivity contribution in [2.45, 2.75) is 26.9 Å². The van der Waals surface area contributed by atoms with Crippen LogP contribution in [0.2, 0.25) is 0 Å². The van der Waals surface area contributed by atoms with E-state index in [1.54, 1.807) is 19.8 Å². The van der Waals surface area contributed by atoms with Crippen molar-refractivity contribution in [1.82, 2.24) is 13.7 Å². The number of imidazole rings is 1. The molecule has 0 spiro atoms. The molecule has 0 amide bonds. The molecule has 0 saturated carbocycles. The molecule has 0 bridgehead atoms. The van der Waals surface area contributed by atoms with Crippen LogP contribution in [0.1, 0.15) is 13.8 Å². The number of nitrogens with zero attached hydrogens (tertiary/aromatic N) is 4. The van der Waals surface area contributed by atoms with Crippen molar-refractivity contribution in [1.29, 1.82) is 0 Å². The Balaban J connectivity index is 1.77. The molecule has 0 radical (unpaired) electrons. The second-order valence-corrected chi connectivity index (χ2v) is 8.20. The molecule has 33 heavy (non-hydrogen) atoms. The number of anilines is 1. The lowest BCUT2D eigenvalue weighted by molar-refractivity contribution is 0.123. The minimum absolute atomic E-state index is 0.0153. The van der Waals surface area contributed by atoms with Crippen molar-refractivity contribution in [2.24, 2.45) is 0 Å². The second kappa shape index (κ2) is 8.75. The molecule has 1 saturated heterocycles. The van der Waals surface area contributed by atoms with Crippen LogP contribution in [0.25, 0.3) is 27.8 Å². The van der Waals surface area contributed by atoms with Gasteiger partial charge in [-0.05, 0) is 32.0 Å². The van der Waals surface area contributed by atoms with E-state index in [0.717, 1.165) is 46.6 Å². The van der Waals surface area contributed by atoms with Crippen molar-refractivity contribution in [3.8, 4) is 16.9 Å². The second-order valence-electron chi connectivity index (χ2n) is 8.20. The molecular weight excluding hydrogens is 416 g/mol. The standard InChI is InChI=1S/C26H28N4O3/c1-3-27-18-24(19-8-6-5-7-9-19)30(26(27)32)20-10-11-22-21(16-20)23(17-25(31)29(22)4-2)28-12-14-33-15-13-28/h5-11,16-18H,3-4,12-15H2,1-2H3. The maximum absolute atomic E-state index is 13.3. The van der Waals surface area contributed by atoms with Crippen LogP contribution in [0.5, 0.6) is 0 Å². The Bertz CT molecular complexity index is 1410. The monoisotopic (exact) mass is 444 g/mol. The van der Waals surface area contributed by atoms with Crippen molar-refractivity contribution < 1.29 is 4.74 Å². The van der Waals surface area contributed by atoms with Crippen LogP contribution in [0.15, 0.2) is 70.4 Å². The number of hydrogen-bond acceptors (Lipinski definition) is 4. The number of ether oxygens (including phenoxy) is 1. The molecule has 2 aromatic heterocycles. The van der Waals surface area contributed by atoms with Gasteiger partial charge in [-0.1, -0.05) is 30.3 Å². The van der Waals surface area contributed by atoms with E-state index >= 15 is 0 Å². The maximum atomic E-state index is 13.3. The normalized spacial score (nSPS) is 14.2. The van der Waals surface area contributed by atoms with Crippen molar-refractivity contribution in [3.63, 3.8) is 0 Å². The average Bonchev–Trinajstić information content (AvgIpc) is 3.20. The molecule has 2 aromatic carbocycles. The van der Waals surface area contributed by atoms with Crippen molar-refractivity contribution >= 4 is 16.6 Å². The zero-order valence-electron chi connectivity index (χ0n) is 19.0. The largest absolute Gasteiger partial charge is 0.378 e. The Hall–Kier alpha value is -3.58. The van der Waals surface area contributed by atoms with Crippen LogP contribution in [0, 0.1) is 0 Å². The summed E-state index contributed by atoms with van der Waals surface area (Å²) in [5, 5.41) is 0.964. The van der Waals surface area contributed by atoms with Crippen LogP contribution < -0.4 is 16.1 Å². The summed E-state index contributed by atoms with van der Waals surface area (Å²) in [6.45, 7) is 7.85. The quantitative estimate of drug-likeness (QED) is 0.473. The number of fused-ring (bicyclic) bond motifs is 1. The van der Waals surface area contributed by atoms with E-state index < -0.39 is 0 Å². The highest BCUT2D eigenvalue weighted by atomic mass is 16.5. The number of aryl methyl sites for hydroxylation is 2. The molecule has 7 heteroatoms. The summed E-state index contributed by atoms with van der Waals surface area (Å²) >= 11 is 0. The molecule has 7 nitrogen and oxygen atoms in total. The Kier molecular flexibility index (Phi) is 5.64. The number of rotatable bonds is 5. The predicted molar refractivity (Wildman–Crippen MR) is 132 cm³/mol. The minimum atomic E-state index is -0.0764. The summed E-state index contributed by atoms with van der Waals surface area (Å²) in [6, 6.07) is 17.6. The highest BCUT2D eigenvalue weighted by molar-refractivity contribution is 5.93. The van der Waals surface area contributed by atoms with Crippen LogP contribution in [-0.2, 0) is 17.8 Å². The average molecular weight is 445 g/mol. The van der Waals surface area contributed by atoms with E-state index in [4.69, 9.17) is 4.74 Å². The summed E-state index contributed by atoms with van der Waals surface area (Å²) in [5.41, 5.74) is 4.29. The Morgan fingerprint density at radius 3 is 2.36 bits per heavy atom. The number of benzene rings is 2. The van der Waals surface area contributed by atoms with Crippen molar-refractivity contribution in [2.75, 3.05) is 31.2 Å². The zero-order chi connectivity index (χ0) is 22.9. The number of pyridine rings is 1. The topological polar surface area (TPSA) is 61.4 Å². The molecule has 1 aliphatic rings. The first-order valence-corrected chi connectivity index (χ1v) is 11.5. The van der Waals surface area contributed by atoms with Gasteiger partial charge in [-0.3, -0.25) is 13.9 Å². The number of morpholine rings is 1. The van der Waals surface area contributed by atoms with Gasteiger partial charge in [-0.2, -0.15) is 0 Å². The first kappa shape index (κ1) is 21.3. The van der Waals surface area contributed by atoms with Crippen molar-refractivity contribution in [3.05, 3.63) is 81.6 Å². The number of aromatic nitrogens is 3. The first-order chi connectivity index (χ1) is 16.1. The molecule has 1 aliphatic heterocycles. The highest BCUT2D eigenvalue weighted by Gasteiger charge is 2.19. The van der Waals surface area contributed by atoms with E-state index in [2.05, 4.69) is 4.90 Å². The maximum Gasteiger partial charge on any atom is 0.333 e. The van der Waals surface area contributed by atoms with Gasteiger partial charge in [0.1, 0.15) is 0 Å². The van der Waals surface area contributed by atoms with Gasteiger partial charge in [0.15, 0.2) is 0 Å². The third-order valence-corrected chi connectivity index (χ3v) is 6.37. The summed E-state index contributed by atoms with van der Waals surface area (Å²) in [6.07, 6.45) is 1.91. The van der Waals surface area contributed by atoms with Gasteiger partial charge in [-0.25, -0.2) is 4.79 Å². The van der Waals surface area contributed by atoms with Gasteiger partial charge < -0.3 is 14.2 Å². The third kappa shape index (κ3) is 3.68. The highest BCUT2D eigenvalue weighted by Crippen LogP contribution is 2.30. The van der Waals surface area contributed by atoms with E-state index in [0.29, 0.717) is 26.3 Å². The van der Waals surface area contributed by atoms with Gasteiger partial charge in [0.2, 0.25) is 0 Å². The molecule has 0 aliphatic carbocycles. The fourth-order valence-corrected chi connectivity index (χ4v) is 4.67. The van der Waals surface area contributed by atoms with Gasteiger partial charge in [-0.15, -0.1) is 0 Å². The molecule has 0 atom stereocenters. The van der Waals surface area contributed by atoms with E-state index in [1.165, 1.54) is 0 Å². The molecule has 4 aromatic rings. The van der Waals surface area contributed by atoms with Gasteiger partial charge >= 0.3 is 5.69 Å². The first-order valence-electron chi connectivity index (χ1n) is 11.5. The molecule has 0 unspecified atom stereocenters. The van der Waals surface area contributed by atoms with E-state index in [9.17, 15) is 9.59 Å². The Morgan fingerprint density at radius 1 is 0.909 bits per heavy atom. The molecule has 0 N–H and O–H groups in total. The lowest BCUT2D eigenvalue weighted by Gasteiger charge is -2.30. The molecule has 170 valence electrons. The Morgan fingerprint density at radius 2 is 1.67 bits per heavy atom. The number of hydrogen-bond donors (Lipinski definition) is 0. The molecule has 1 fully saturated rings. The zero-order valence-corrected chi connectivity index (χ0v) is 19.0. The predicted octanol–water partition coefficient (Wildman–Crippen LogP) is 3.50. The summed E-state index contributed by atoms with van der Waals surface area (Å²) < 4.78 is 10.8. The Labute approximate surface area is 192 Å². The van der Waals surface area contributed by atoms with Gasteiger partial charge in [0.05, 0.1) is 35.8 Å². The molecular formula is C26H28N4O3. The fourth-order valence-electron chi connectivity index (χ4n) is 4.67. The summed E-state index contributed by atoms with van der Waals surface area (Å²) in [5.74, 6) is 0. The van der Waals surface area contributed by atoms with Gasteiger partial charge in [0.25, 0.3) is 5.56 Å². The van der Waals surface area contributed by atoms with Crippen LogP contribution in [0.4, 0.5) is 5.69 Å². The summed E-state index contributed by atoms with van der Waals surface area (Å²) in [4.78, 5) is 28.4. The fraction of sp³-hybridized carbons (Fsp3) is 0.308.